The van der Waals surface area contributed by atoms with E-state index in [1.807, 2.05) is 45.3 Å². The number of nitrogens with zero attached hydrogens (tertiary/aromatic N) is 1. The van der Waals surface area contributed by atoms with Crippen LogP contribution in [0, 0.1) is 0 Å². The fourth-order valence-electron chi connectivity index (χ4n) is 1.67. The summed E-state index contributed by atoms with van der Waals surface area (Å²) < 4.78 is 0. The molecule has 1 unspecified atom stereocenters. The smallest absolute Gasteiger partial charge is 0.319 e. The van der Waals surface area contributed by atoms with Crippen molar-refractivity contribution >= 4 is 11.7 Å². The van der Waals surface area contributed by atoms with Gasteiger partial charge in [-0.15, -0.1) is 0 Å². The normalized spacial score (nSPS) is 12.3. The number of urea groups is 1. The highest BCUT2D eigenvalue weighted by atomic mass is 16.2. The van der Waals surface area contributed by atoms with Gasteiger partial charge in [-0.3, -0.25) is 0 Å². The fraction of sp³-hybridized carbons (Fsp3) is 0.500. The minimum Gasteiger partial charge on any atom is -0.338 e. The molecule has 1 aromatic carbocycles. The number of carbonyl (C=O) groups excluding carboxylic acids is 1. The molecular formula is C14H24N4O. The summed E-state index contributed by atoms with van der Waals surface area (Å²) in [4.78, 5) is 13.8. The summed E-state index contributed by atoms with van der Waals surface area (Å²) in [5, 5.41) is 5.63. The molecular weight excluding hydrogens is 240 g/mol. The molecule has 5 nitrogen and oxygen atoms in total. The van der Waals surface area contributed by atoms with E-state index in [0.717, 1.165) is 24.2 Å². The van der Waals surface area contributed by atoms with Gasteiger partial charge in [0.05, 0.1) is 0 Å². The molecule has 1 rings (SSSR count). The minimum atomic E-state index is -0.180. The first-order chi connectivity index (χ1) is 8.99. The van der Waals surface area contributed by atoms with Gasteiger partial charge in [-0.1, -0.05) is 12.1 Å². The van der Waals surface area contributed by atoms with Crippen LogP contribution < -0.4 is 16.4 Å². The quantitative estimate of drug-likeness (QED) is 0.686. The van der Waals surface area contributed by atoms with Crippen LogP contribution in [-0.4, -0.2) is 38.1 Å². The SMILES string of the molecule is CC(N)c1cccc(NC(=O)NCCCN(C)C)c1. The highest BCUT2D eigenvalue weighted by molar-refractivity contribution is 5.89. The molecule has 0 bridgehead atoms. The number of anilines is 1. The lowest BCUT2D eigenvalue weighted by atomic mass is 10.1. The van der Waals surface area contributed by atoms with Gasteiger partial charge < -0.3 is 21.3 Å². The van der Waals surface area contributed by atoms with E-state index in [2.05, 4.69) is 15.5 Å². The molecule has 0 aliphatic rings. The maximum absolute atomic E-state index is 11.7. The highest BCUT2D eigenvalue weighted by Crippen LogP contribution is 2.15. The Hall–Kier alpha value is -1.59. The third-order valence-electron chi connectivity index (χ3n) is 2.74. The zero-order valence-corrected chi connectivity index (χ0v) is 11.9. The Morgan fingerprint density at radius 3 is 2.79 bits per heavy atom. The van der Waals surface area contributed by atoms with E-state index in [0.29, 0.717) is 6.54 Å². The molecule has 0 saturated heterocycles. The predicted molar refractivity (Wildman–Crippen MR) is 79.2 cm³/mol. The molecule has 0 aliphatic heterocycles. The Labute approximate surface area is 115 Å². The van der Waals surface area contributed by atoms with Crippen LogP contribution in [0.4, 0.5) is 10.5 Å². The van der Waals surface area contributed by atoms with Crippen LogP contribution in [0.3, 0.4) is 0 Å². The van der Waals surface area contributed by atoms with Crippen molar-refractivity contribution < 1.29 is 4.79 Å². The van der Waals surface area contributed by atoms with Crippen LogP contribution in [0.15, 0.2) is 24.3 Å². The summed E-state index contributed by atoms with van der Waals surface area (Å²) in [6, 6.07) is 7.37. The van der Waals surface area contributed by atoms with Gasteiger partial charge in [0, 0.05) is 18.3 Å². The lowest BCUT2D eigenvalue weighted by Gasteiger charge is -2.12. The highest BCUT2D eigenvalue weighted by Gasteiger charge is 2.04. The van der Waals surface area contributed by atoms with Crippen molar-refractivity contribution in [3.63, 3.8) is 0 Å². The van der Waals surface area contributed by atoms with E-state index in [1.54, 1.807) is 0 Å². The molecule has 0 aliphatic carbocycles. The van der Waals surface area contributed by atoms with E-state index in [9.17, 15) is 4.79 Å². The van der Waals surface area contributed by atoms with Gasteiger partial charge >= 0.3 is 6.03 Å². The van der Waals surface area contributed by atoms with E-state index < -0.39 is 0 Å². The van der Waals surface area contributed by atoms with Gasteiger partial charge in [-0.05, 0) is 51.7 Å². The van der Waals surface area contributed by atoms with Gasteiger partial charge in [0.25, 0.3) is 0 Å². The van der Waals surface area contributed by atoms with Crippen LogP contribution in [0.5, 0.6) is 0 Å². The van der Waals surface area contributed by atoms with E-state index >= 15 is 0 Å². The van der Waals surface area contributed by atoms with Crippen molar-refractivity contribution in [1.82, 2.24) is 10.2 Å². The van der Waals surface area contributed by atoms with Crippen molar-refractivity contribution in [2.45, 2.75) is 19.4 Å². The molecule has 0 fully saturated rings. The monoisotopic (exact) mass is 264 g/mol. The Bertz CT molecular complexity index is 404. The summed E-state index contributed by atoms with van der Waals surface area (Å²) in [6.07, 6.45) is 0.931. The second kappa shape index (κ2) is 7.76. The molecule has 1 atom stereocenters. The summed E-state index contributed by atoms with van der Waals surface area (Å²) >= 11 is 0. The van der Waals surface area contributed by atoms with E-state index in [-0.39, 0.29) is 12.1 Å². The average molecular weight is 264 g/mol. The number of nitrogens with two attached hydrogens (primary N) is 1. The van der Waals surface area contributed by atoms with Crippen molar-refractivity contribution in [3.8, 4) is 0 Å². The molecule has 0 radical (unpaired) electrons. The standard InChI is InChI=1S/C14H24N4O/c1-11(15)12-6-4-7-13(10-12)17-14(19)16-8-5-9-18(2)3/h4,6-7,10-11H,5,8-9,15H2,1-3H3,(H2,16,17,19). The average Bonchev–Trinajstić information content (AvgIpc) is 2.34. The number of rotatable bonds is 6. The molecule has 2 amide bonds. The van der Waals surface area contributed by atoms with Crippen LogP contribution in [0.25, 0.3) is 0 Å². The maximum Gasteiger partial charge on any atom is 0.319 e. The molecule has 0 aromatic heterocycles. The zero-order chi connectivity index (χ0) is 14.3. The van der Waals surface area contributed by atoms with Gasteiger partial charge in [-0.2, -0.15) is 0 Å². The molecule has 106 valence electrons. The van der Waals surface area contributed by atoms with Crippen LogP contribution in [0.1, 0.15) is 24.9 Å². The molecule has 0 saturated carbocycles. The zero-order valence-electron chi connectivity index (χ0n) is 11.9. The van der Waals surface area contributed by atoms with Gasteiger partial charge in [-0.25, -0.2) is 4.79 Å². The fourth-order valence-corrected chi connectivity index (χ4v) is 1.67. The summed E-state index contributed by atoms with van der Waals surface area (Å²) in [5.41, 5.74) is 7.58. The first kappa shape index (κ1) is 15.5. The number of nitrogens with one attached hydrogen (secondary N) is 2. The Balaban J connectivity index is 2.37. The van der Waals surface area contributed by atoms with E-state index in [4.69, 9.17) is 5.73 Å². The van der Waals surface area contributed by atoms with E-state index in [1.165, 1.54) is 0 Å². The molecule has 19 heavy (non-hydrogen) atoms. The largest absolute Gasteiger partial charge is 0.338 e. The van der Waals surface area contributed by atoms with Gasteiger partial charge in [0.15, 0.2) is 0 Å². The lowest BCUT2D eigenvalue weighted by molar-refractivity contribution is 0.251. The summed E-state index contributed by atoms with van der Waals surface area (Å²) in [5.74, 6) is 0. The number of hydrogen-bond acceptors (Lipinski definition) is 3. The number of hydrogen-bond donors (Lipinski definition) is 3. The third-order valence-corrected chi connectivity index (χ3v) is 2.74. The molecule has 0 heterocycles. The number of carbonyl (C=O) groups is 1. The molecule has 0 spiro atoms. The summed E-state index contributed by atoms with van der Waals surface area (Å²) in [6.45, 7) is 3.54. The third kappa shape index (κ3) is 6.22. The van der Waals surface area contributed by atoms with Crippen molar-refractivity contribution in [3.05, 3.63) is 29.8 Å². The number of amides is 2. The first-order valence-corrected chi connectivity index (χ1v) is 6.54. The van der Waals surface area contributed by atoms with Gasteiger partial charge in [0.1, 0.15) is 0 Å². The predicted octanol–water partition coefficient (Wildman–Crippen LogP) is 1.78. The topological polar surface area (TPSA) is 70.4 Å². The Morgan fingerprint density at radius 1 is 1.42 bits per heavy atom. The van der Waals surface area contributed by atoms with Crippen LogP contribution in [-0.2, 0) is 0 Å². The molecule has 5 heteroatoms. The van der Waals surface area contributed by atoms with Crippen molar-refractivity contribution in [2.24, 2.45) is 5.73 Å². The van der Waals surface area contributed by atoms with Crippen molar-refractivity contribution in [1.29, 1.82) is 0 Å². The lowest BCUT2D eigenvalue weighted by Crippen LogP contribution is -2.31. The second-order valence-corrected chi connectivity index (χ2v) is 4.95. The maximum atomic E-state index is 11.7. The van der Waals surface area contributed by atoms with Gasteiger partial charge in [0.2, 0.25) is 0 Å². The minimum absolute atomic E-state index is 0.0371. The van der Waals surface area contributed by atoms with Crippen LogP contribution in [0.2, 0.25) is 0 Å². The first-order valence-electron chi connectivity index (χ1n) is 6.54. The van der Waals surface area contributed by atoms with Crippen LogP contribution >= 0.6 is 0 Å². The van der Waals surface area contributed by atoms with Crippen molar-refractivity contribution in [2.75, 3.05) is 32.5 Å². The Kier molecular flexibility index (Phi) is 6.32. The summed E-state index contributed by atoms with van der Waals surface area (Å²) in [7, 11) is 4.03. The second-order valence-electron chi connectivity index (χ2n) is 4.95. The number of benzene rings is 1. The molecule has 4 N–H and O–H groups in total. The Morgan fingerprint density at radius 2 is 2.16 bits per heavy atom. The molecule has 1 aromatic rings.